The number of aryl methyl sites for hydroxylation is 1. The summed E-state index contributed by atoms with van der Waals surface area (Å²) in [5, 5.41) is 34.8. The summed E-state index contributed by atoms with van der Waals surface area (Å²) in [6.45, 7) is 1.67. The lowest BCUT2D eigenvalue weighted by Crippen LogP contribution is -2.70. The molecule has 3 rings (SSSR count). The van der Waals surface area contributed by atoms with Crippen LogP contribution < -0.4 is 10.6 Å². The fraction of sp³-hybridized carbons (Fsp3) is 0.579. The molecule has 4 N–H and O–H groups in total. The highest BCUT2D eigenvalue weighted by molar-refractivity contribution is 8.01. The molecule has 17 heteroatoms. The number of thioether (sulfide) groups is 2. The Morgan fingerprint density at radius 3 is 2.67 bits per heavy atom. The number of carbonyl (C=O) groups excluding carboxylic acids is 3. The van der Waals surface area contributed by atoms with Crippen molar-refractivity contribution in [2.24, 2.45) is 7.05 Å². The molecule has 0 radical (unpaired) electrons. The average Bonchev–Trinajstić information content (AvgIpc) is 3.24. The summed E-state index contributed by atoms with van der Waals surface area (Å²) in [4.78, 5) is 61.0. The van der Waals surface area contributed by atoms with Gasteiger partial charge in [-0.1, -0.05) is 11.8 Å². The van der Waals surface area contributed by atoms with Crippen LogP contribution in [0.5, 0.6) is 0 Å². The molecule has 2 aliphatic heterocycles. The predicted molar refractivity (Wildman–Crippen MR) is 125 cm³/mol. The van der Waals surface area contributed by atoms with Crippen LogP contribution in [0.15, 0.2) is 16.4 Å². The lowest BCUT2D eigenvalue weighted by atomic mass is 10.0. The van der Waals surface area contributed by atoms with Crippen LogP contribution in [0.2, 0.25) is 0 Å². The quantitative estimate of drug-likeness (QED) is 0.192. The van der Waals surface area contributed by atoms with Gasteiger partial charge >= 0.3 is 18.0 Å². The van der Waals surface area contributed by atoms with E-state index in [2.05, 4.69) is 30.9 Å². The van der Waals surface area contributed by atoms with E-state index in [-0.39, 0.29) is 37.3 Å². The van der Waals surface area contributed by atoms with E-state index in [0.717, 1.165) is 0 Å². The molecule has 1 saturated heterocycles. The molecule has 0 aliphatic carbocycles. The Kier molecular flexibility index (Phi) is 9.14. The third-order valence-electron chi connectivity index (χ3n) is 5.29. The minimum atomic E-state index is -1.26. The van der Waals surface area contributed by atoms with Gasteiger partial charge in [-0.25, -0.2) is 19.1 Å². The van der Waals surface area contributed by atoms with E-state index in [0.29, 0.717) is 16.5 Å². The first-order chi connectivity index (χ1) is 17.1. The number of aromatic nitrogens is 4. The van der Waals surface area contributed by atoms with Crippen molar-refractivity contribution in [3.8, 4) is 0 Å². The summed E-state index contributed by atoms with van der Waals surface area (Å²) in [7, 11) is 1.66. The van der Waals surface area contributed by atoms with Crippen LogP contribution in [0.4, 0.5) is 4.79 Å². The number of carbonyl (C=O) groups is 5. The summed E-state index contributed by atoms with van der Waals surface area (Å²) in [5.74, 6) is -2.89. The molecular weight excluding hydrogens is 518 g/mol. The molecule has 1 aromatic rings. The Hall–Kier alpha value is -3.34. The molecule has 0 spiro atoms. The zero-order chi connectivity index (χ0) is 26.4. The summed E-state index contributed by atoms with van der Waals surface area (Å²) < 4.78 is 6.12. The molecule has 1 unspecified atom stereocenters. The van der Waals surface area contributed by atoms with Crippen LogP contribution in [0.25, 0.3) is 0 Å². The largest absolute Gasteiger partial charge is 0.480 e. The van der Waals surface area contributed by atoms with Crippen molar-refractivity contribution in [1.82, 2.24) is 35.7 Å². The van der Waals surface area contributed by atoms with Crippen LogP contribution in [-0.2, 0) is 31.0 Å². The maximum Gasteiger partial charge on any atom is 0.407 e. The van der Waals surface area contributed by atoms with Crippen molar-refractivity contribution in [3.05, 3.63) is 11.3 Å². The van der Waals surface area contributed by atoms with Crippen molar-refractivity contribution in [3.63, 3.8) is 0 Å². The lowest BCUT2D eigenvalue weighted by molar-refractivity contribution is -0.150. The number of rotatable bonds is 12. The smallest absolute Gasteiger partial charge is 0.407 e. The molecular formula is C19H25N7O8S2. The second kappa shape index (κ2) is 12.1. The van der Waals surface area contributed by atoms with Gasteiger partial charge in [0.2, 0.25) is 11.1 Å². The molecule has 3 heterocycles. The van der Waals surface area contributed by atoms with E-state index in [1.807, 2.05) is 0 Å². The van der Waals surface area contributed by atoms with Crippen LogP contribution in [-0.4, -0.2) is 101 Å². The Balaban J connectivity index is 1.54. The minimum absolute atomic E-state index is 0.0154. The number of nitrogens with one attached hydrogen (secondary N) is 2. The molecule has 0 saturated carbocycles. The molecule has 2 aliphatic rings. The molecule has 3 amide bonds. The normalized spacial score (nSPS) is 19.7. The Morgan fingerprint density at radius 2 is 2.06 bits per heavy atom. The van der Waals surface area contributed by atoms with Crippen LogP contribution in [0.1, 0.15) is 26.2 Å². The van der Waals surface area contributed by atoms with Crippen molar-refractivity contribution >= 4 is 53.4 Å². The van der Waals surface area contributed by atoms with E-state index in [1.54, 1.807) is 14.0 Å². The topological polar surface area (TPSA) is 206 Å². The zero-order valence-corrected chi connectivity index (χ0v) is 21.0. The Bertz CT molecular complexity index is 1080. The van der Waals surface area contributed by atoms with E-state index < -0.39 is 47.3 Å². The molecule has 0 aromatic carbocycles. The first-order valence-corrected chi connectivity index (χ1v) is 12.9. The van der Waals surface area contributed by atoms with E-state index in [9.17, 15) is 34.2 Å². The number of nitrogens with zero attached hydrogens (tertiary/aromatic N) is 5. The number of alkyl carbamates (subject to hydrolysis) is 1. The van der Waals surface area contributed by atoms with Gasteiger partial charge in [0.15, 0.2) is 0 Å². The van der Waals surface area contributed by atoms with Gasteiger partial charge in [-0.3, -0.25) is 14.5 Å². The first kappa shape index (κ1) is 27.3. The SMILES string of the molecule is CCOC(=O)NC(CCCC(=O)N[C@@H]1C(=O)N2C(C(=O)O)=C(CSc3nnnn3C)CS[C@@H]12)C(=O)O. The second-order valence-corrected chi connectivity index (χ2v) is 9.78. The molecule has 1 fully saturated rings. The van der Waals surface area contributed by atoms with Gasteiger partial charge in [-0.05, 0) is 35.8 Å². The van der Waals surface area contributed by atoms with Gasteiger partial charge in [0.25, 0.3) is 5.91 Å². The zero-order valence-electron chi connectivity index (χ0n) is 19.4. The standard InChI is InChI=1S/C19H25N7O8S2/c1-3-34-19(33)20-10(16(29)30)5-4-6-11(27)21-12-14(28)26-13(17(31)32)9(7-35-15(12)26)8-36-18-22-23-24-25(18)2/h10,12,15H,3-8H2,1-2H3,(H,20,33)(H,21,27)(H,29,30)(H,31,32)/t10?,12-,15+/m1/s1. The second-order valence-electron chi connectivity index (χ2n) is 7.73. The van der Waals surface area contributed by atoms with Crippen molar-refractivity contribution in [1.29, 1.82) is 0 Å². The third kappa shape index (κ3) is 6.26. The molecule has 15 nitrogen and oxygen atoms in total. The van der Waals surface area contributed by atoms with Gasteiger partial charge in [0.05, 0.1) is 6.61 Å². The third-order valence-corrected chi connectivity index (χ3v) is 7.72. The van der Waals surface area contributed by atoms with Crippen molar-refractivity contribution in [2.45, 2.75) is 48.8 Å². The molecule has 1 aromatic heterocycles. The van der Waals surface area contributed by atoms with Gasteiger partial charge in [-0.15, -0.1) is 16.9 Å². The highest BCUT2D eigenvalue weighted by atomic mass is 32.2. The number of hydrogen-bond donors (Lipinski definition) is 4. The van der Waals surface area contributed by atoms with Crippen LogP contribution >= 0.6 is 23.5 Å². The molecule has 196 valence electrons. The van der Waals surface area contributed by atoms with Gasteiger partial charge in [0.1, 0.15) is 23.2 Å². The maximum absolute atomic E-state index is 12.8. The minimum Gasteiger partial charge on any atom is -0.480 e. The highest BCUT2D eigenvalue weighted by Gasteiger charge is 2.54. The van der Waals surface area contributed by atoms with E-state index in [4.69, 9.17) is 0 Å². The first-order valence-electron chi connectivity index (χ1n) is 10.8. The van der Waals surface area contributed by atoms with E-state index in [1.165, 1.54) is 33.1 Å². The molecule has 3 atom stereocenters. The number of carboxylic acid groups (broad SMARTS) is 2. The summed E-state index contributed by atoms with van der Waals surface area (Å²) in [6.07, 6.45) is -0.823. The number of amides is 3. The van der Waals surface area contributed by atoms with Gasteiger partial charge in [0, 0.05) is 25.0 Å². The molecule has 0 bridgehead atoms. The number of hydrogen-bond acceptors (Lipinski definition) is 11. The summed E-state index contributed by atoms with van der Waals surface area (Å²) in [5.41, 5.74) is 0.440. The van der Waals surface area contributed by atoms with Crippen molar-refractivity contribution < 1.29 is 38.9 Å². The summed E-state index contributed by atoms with van der Waals surface area (Å²) in [6, 6.07) is -2.11. The highest BCUT2D eigenvalue weighted by Crippen LogP contribution is 2.41. The fourth-order valence-corrected chi connectivity index (χ4v) is 5.91. The maximum atomic E-state index is 12.8. The van der Waals surface area contributed by atoms with Crippen molar-refractivity contribution in [2.75, 3.05) is 18.1 Å². The molecule has 36 heavy (non-hydrogen) atoms. The van der Waals surface area contributed by atoms with Crippen LogP contribution in [0.3, 0.4) is 0 Å². The number of β-lactam (4-membered cyclic amide) rings is 1. The average molecular weight is 544 g/mol. The lowest BCUT2D eigenvalue weighted by Gasteiger charge is -2.49. The number of aliphatic carboxylic acids is 2. The number of carboxylic acids is 2. The van der Waals surface area contributed by atoms with Crippen LogP contribution in [0, 0.1) is 0 Å². The monoisotopic (exact) mass is 543 g/mol. The number of tetrazole rings is 1. The number of fused-ring (bicyclic) bond motifs is 1. The fourth-order valence-electron chi connectivity index (χ4n) is 3.57. The summed E-state index contributed by atoms with van der Waals surface area (Å²) >= 11 is 2.59. The predicted octanol–water partition coefficient (Wildman–Crippen LogP) is -0.590. The van der Waals surface area contributed by atoms with Gasteiger partial charge in [-0.2, -0.15) is 0 Å². The van der Waals surface area contributed by atoms with Gasteiger partial charge < -0.3 is 25.6 Å². The number of ether oxygens (including phenoxy) is 1. The Labute approximate surface area is 213 Å². The van der Waals surface area contributed by atoms with E-state index >= 15 is 0 Å². The Morgan fingerprint density at radius 1 is 1.31 bits per heavy atom.